The molecule has 0 aliphatic carbocycles. The zero-order valence-electron chi connectivity index (χ0n) is 27.5. The molecule has 16 heteroatoms. The lowest BCUT2D eigenvalue weighted by atomic mass is 9.98. The summed E-state index contributed by atoms with van der Waals surface area (Å²) in [6.07, 6.45) is 2.53. The summed E-state index contributed by atoms with van der Waals surface area (Å²) in [5.41, 5.74) is 0.336. The summed E-state index contributed by atoms with van der Waals surface area (Å²) >= 11 is 0. The maximum Gasteiger partial charge on any atom is 0.514 e. The predicted octanol–water partition coefficient (Wildman–Crippen LogP) is 5.50. The molecule has 0 spiro atoms. The van der Waals surface area contributed by atoms with Gasteiger partial charge in [0.1, 0.15) is 11.3 Å². The molecule has 2 aromatic heterocycles. The number of pyridine rings is 1. The SMILES string of the molecule is COc1cc(-c2cnc3ccc(NC(=O)NCCCC[P+](=O)OC(OCOC(=O)C(C)(C)C)OC(=O)C(C)(C)C)nc3n2)ccc1O. The minimum atomic E-state index is -2.32. The summed E-state index contributed by atoms with van der Waals surface area (Å²) in [4.78, 5) is 50.0. The molecule has 2 heterocycles. The van der Waals surface area contributed by atoms with E-state index in [0.29, 0.717) is 41.0 Å². The van der Waals surface area contributed by atoms with Crippen molar-refractivity contribution in [3.05, 3.63) is 36.5 Å². The molecule has 0 saturated carbocycles. The van der Waals surface area contributed by atoms with Gasteiger partial charge < -0.3 is 24.6 Å². The Labute approximate surface area is 273 Å². The number of rotatable bonds is 14. The number of hydrogen-bond acceptors (Lipinski definition) is 13. The fourth-order valence-corrected chi connectivity index (χ4v) is 4.41. The molecule has 0 saturated heterocycles. The minimum absolute atomic E-state index is 0.00224. The van der Waals surface area contributed by atoms with Crippen molar-refractivity contribution in [1.82, 2.24) is 20.3 Å². The molecule has 15 nitrogen and oxygen atoms in total. The van der Waals surface area contributed by atoms with Gasteiger partial charge in [-0.15, -0.1) is 0 Å². The quantitative estimate of drug-likeness (QED) is 0.0839. The Balaban J connectivity index is 1.46. The Morgan fingerprint density at radius 2 is 1.70 bits per heavy atom. The van der Waals surface area contributed by atoms with Gasteiger partial charge in [0.05, 0.1) is 29.8 Å². The molecule has 2 amide bonds. The van der Waals surface area contributed by atoms with E-state index in [2.05, 4.69) is 25.6 Å². The Morgan fingerprint density at radius 3 is 2.38 bits per heavy atom. The number of methoxy groups -OCH3 is 1. The van der Waals surface area contributed by atoms with Gasteiger partial charge in [-0.25, -0.2) is 14.8 Å². The van der Waals surface area contributed by atoms with Gasteiger partial charge in [-0.2, -0.15) is 0 Å². The van der Waals surface area contributed by atoms with Crippen LogP contribution >= 0.6 is 8.03 Å². The number of unbranched alkanes of at least 4 members (excludes halogenated alkanes) is 1. The van der Waals surface area contributed by atoms with Crippen LogP contribution in [0.15, 0.2) is 36.5 Å². The zero-order valence-corrected chi connectivity index (χ0v) is 28.4. The van der Waals surface area contributed by atoms with Crippen LogP contribution in [0.2, 0.25) is 0 Å². The number of aromatic hydroxyl groups is 1. The van der Waals surface area contributed by atoms with Crippen LogP contribution in [0.25, 0.3) is 22.4 Å². The van der Waals surface area contributed by atoms with Gasteiger partial charge in [-0.3, -0.25) is 24.6 Å². The van der Waals surface area contributed by atoms with Crippen molar-refractivity contribution in [2.75, 3.05) is 31.9 Å². The second-order valence-electron chi connectivity index (χ2n) is 12.3. The lowest BCUT2D eigenvalue weighted by Gasteiger charge is -2.21. The number of ether oxygens (including phenoxy) is 4. The van der Waals surface area contributed by atoms with E-state index in [0.717, 1.165) is 0 Å². The number of fused-ring (bicyclic) bond motifs is 1. The summed E-state index contributed by atoms with van der Waals surface area (Å²) in [6.45, 7) is 7.96. The van der Waals surface area contributed by atoms with Gasteiger partial charge in [0, 0.05) is 12.1 Å². The smallest absolute Gasteiger partial charge is 0.504 e. The topological polar surface area (TPSA) is 197 Å². The summed E-state index contributed by atoms with van der Waals surface area (Å²) < 4.78 is 38.5. The number of carbonyl (C=O) groups is 3. The highest BCUT2D eigenvalue weighted by atomic mass is 31.1. The minimum Gasteiger partial charge on any atom is -0.504 e. The predicted molar refractivity (Wildman–Crippen MR) is 172 cm³/mol. The Bertz CT molecular complexity index is 1590. The Morgan fingerprint density at radius 1 is 0.979 bits per heavy atom. The second kappa shape index (κ2) is 16.4. The number of nitrogens with one attached hydrogen (secondary N) is 2. The number of benzene rings is 1. The number of aromatic nitrogens is 3. The van der Waals surface area contributed by atoms with Gasteiger partial charge >= 0.3 is 32.5 Å². The van der Waals surface area contributed by atoms with Crippen LogP contribution in [-0.2, 0) is 32.9 Å². The van der Waals surface area contributed by atoms with Crippen LogP contribution in [0.5, 0.6) is 11.5 Å². The molecule has 0 aliphatic heterocycles. The first-order valence-corrected chi connectivity index (χ1v) is 16.1. The van der Waals surface area contributed by atoms with Crippen LogP contribution < -0.4 is 15.4 Å². The van der Waals surface area contributed by atoms with Crippen molar-refractivity contribution in [3.63, 3.8) is 0 Å². The van der Waals surface area contributed by atoms with Gasteiger partial charge in [-0.05, 0) is 89.3 Å². The molecular formula is C31H41N5O10P+. The molecule has 0 aliphatic rings. The summed E-state index contributed by atoms with van der Waals surface area (Å²) in [5.74, 6) is -0.650. The molecular weight excluding hydrogens is 633 g/mol. The van der Waals surface area contributed by atoms with E-state index in [1.165, 1.54) is 13.2 Å². The molecule has 3 rings (SSSR count). The van der Waals surface area contributed by atoms with Crippen molar-refractivity contribution >= 4 is 43.0 Å². The maximum atomic E-state index is 12.6. The van der Waals surface area contributed by atoms with E-state index in [9.17, 15) is 24.1 Å². The third kappa shape index (κ3) is 11.7. The second-order valence-corrected chi connectivity index (χ2v) is 13.7. The van der Waals surface area contributed by atoms with Crippen molar-refractivity contribution < 1.29 is 47.5 Å². The normalized spacial score (nSPS) is 12.6. The monoisotopic (exact) mass is 674 g/mol. The lowest BCUT2D eigenvalue weighted by molar-refractivity contribution is -0.268. The molecule has 254 valence electrons. The molecule has 3 aromatic rings. The van der Waals surface area contributed by atoms with E-state index >= 15 is 0 Å². The van der Waals surface area contributed by atoms with E-state index in [-0.39, 0.29) is 24.3 Å². The van der Waals surface area contributed by atoms with Crippen molar-refractivity contribution in [2.24, 2.45) is 10.8 Å². The number of nitrogens with zero attached hydrogens (tertiary/aromatic N) is 3. The molecule has 2 unspecified atom stereocenters. The van der Waals surface area contributed by atoms with Crippen LogP contribution in [0.4, 0.5) is 10.6 Å². The van der Waals surface area contributed by atoms with Crippen molar-refractivity contribution in [1.29, 1.82) is 0 Å². The van der Waals surface area contributed by atoms with Gasteiger partial charge in [0.2, 0.25) is 0 Å². The molecule has 3 N–H and O–H groups in total. The number of urea groups is 1. The standard InChI is InChI=1S/C31H40N5O10P/c1-30(2,3)26(38)43-18-44-29(45-27(39)31(4,5)6)46-47(41)15-9-8-14-32-28(40)36-24-13-11-20-25(35-24)34-21(17-33-20)19-10-12-22(37)23(16-19)42-7/h10-13,16-17,29H,8-9,14-15,18H2,1-7H3,(H2-,32,34,35,36,37,40)/p+1. The molecule has 2 atom stereocenters. The van der Waals surface area contributed by atoms with Gasteiger partial charge in [0.25, 0.3) is 0 Å². The highest BCUT2D eigenvalue weighted by Crippen LogP contribution is 2.31. The van der Waals surface area contributed by atoms with Gasteiger partial charge in [0.15, 0.2) is 30.1 Å². The van der Waals surface area contributed by atoms with Crippen LogP contribution in [-0.4, -0.2) is 71.1 Å². The Hall–Kier alpha value is -4.46. The van der Waals surface area contributed by atoms with E-state index in [4.69, 9.17) is 23.5 Å². The van der Waals surface area contributed by atoms with E-state index < -0.39 is 50.1 Å². The third-order valence-corrected chi connectivity index (χ3v) is 7.29. The zero-order chi connectivity index (χ0) is 34.8. The lowest BCUT2D eigenvalue weighted by Crippen LogP contribution is -2.32. The molecule has 0 bridgehead atoms. The number of anilines is 1. The number of hydrogen-bond donors (Lipinski definition) is 3. The molecule has 47 heavy (non-hydrogen) atoms. The average molecular weight is 675 g/mol. The van der Waals surface area contributed by atoms with Crippen LogP contribution in [0, 0.1) is 10.8 Å². The first kappa shape index (κ1) is 37.0. The fraction of sp³-hybridized carbons (Fsp3) is 0.484. The van der Waals surface area contributed by atoms with E-state index in [1.807, 2.05) is 0 Å². The number of phenols is 1. The summed E-state index contributed by atoms with van der Waals surface area (Å²) in [6, 6.07) is 7.56. The average Bonchev–Trinajstić information content (AvgIpc) is 2.99. The first-order chi connectivity index (χ1) is 22.1. The maximum absolute atomic E-state index is 12.6. The summed E-state index contributed by atoms with van der Waals surface area (Å²) in [5, 5.41) is 15.2. The van der Waals surface area contributed by atoms with Crippen LogP contribution in [0.3, 0.4) is 0 Å². The Kier molecular flexibility index (Phi) is 12.9. The third-order valence-electron chi connectivity index (χ3n) is 6.20. The van der Waals surface area contributed by atoms with Crippen molar-refractivity contribution in [2.45, 2.75) is 60.9 Å². The highest BCUT2D eigenvalue weighted by molar-refractivity contribution is 7.39. The number of esters is 2. The molecule has 0 radical (unpaired) electrons. The highest BCUT2D eigenvalue weighted by Gasteiger charge is 2.33. The fourth-order valence-electron chi connectivity index (χ4n) is 3.53. The van der Waals surface area contributed by atoms with Crippen LogP contribution in [0.1, 0.15) is 54.4 Å². The first-order valence-electron chi connectivity index (χ1n) is 14.7. The van der Waals surface area contributed by atoms with E-state index in [1.54, 1.807) is 72.0 Å². The molecule has 0 fully saturated rings. The van der Waals surface area contributed by atoms with Gasteiger partial charge in [-0.1, -0.05) is 4.52 Å². The largest absolute Gasteiger partial charge is 0.514 e. The summed E-state index contributed by atoms with van der Waals surface area (Å²) in [7, 11) is -0.869. The number of carbonyl (C=O) groups excluding carboxylic acids is 3. The number of amides is 2. The van der Waals surface area contributed by atoms with Crippen molar-refractivity contribution in [3.8, 4) is 22.8 Å². The molecule has 1 aromatic carbocycles. The number of phenolic OH excluding ortho intramolecular Hbond substituents is 1.